The van der Waals surface area contributed by atoms with Gasteiger partial charge in [-0.15, -0.1) is 0 Å². The first-order valence-electron chi connectivity index (χ1n) is 5.40. The Morgan fingerprint density at radius 2 is 2.31 bits per heavy atom. The van der Waals surface area contributed by atoms with E-state index in [-0.39, 0.29) is 5.56 Å². The van der Waals surface area contributed by atoms with E-state index in [4.69, 9.17) is 12.2 Å². The number of hydrogen-bond donors (Lipinski definition) is 2. The number of nitrogens with zero attached hydrogens (tertiary/aromatic N) is 2. The molecular weight excluding hydrogens is 224 g/mol. The van der Waals surface area contributed by atoms with Crippen LogP contribution < -0.4 is 5.56 Å². The van der Waals surface area contributed by atoms with Crippen molar-refractivity contribution in [2.24, 2.45) is 0 Å². The average molecular weight is 238 g/mol. The van der Waals surface area contributed by atoms with Crippen LogP contribution in [-0.4, -0.2) is 19.5 Å². The lowest BCUT2D eigenvalue weighted by molar-refractivity contribution is 0.598. The van der Waals surface area contributed by atoms with Gasteiger partial charge in [-0.05, 0) is 18.6 Å². The Labute approximate surface area is 97.5 Å². The van der Waals surface area contributed by atoms with Crippen molar-refractivity contribution < 1.29 is 0 Å². The predicted octanol–water partition coefficient (Wildman–Crippen LogP) is 1.97. The third kappa shape index (κ3) is 1.92. The largest absolute Gasteiger partial charge is 0.339 e. The van der Waals surface area contributed by atoms with Crippen molar-refractivity contribution in [3.05, 3.63) is 21.5 Å². The smallest absolute Gasteiger partial charge is 0.277 e. The van der Waals surface area contributed by atoms with Gasteiger partial charge in [0, 0.05) is 6.54 Å². The molecule has 0 unspecified atom stereocenters. The van der Waals surface area contributed by atoms with Crippen LogP contribution in [0.15, 0.2) is 11.1 Å². The third-order valence-corrected chi connectivity index (χ3v) is 2.88. The fourth-order valence-corrected chi connectivity index (χ4v) is 1.98. The van der Waals surface area contributed by atoms with Gasteiger partial charge in [0.25, 0.3) is 5.56 Å². The summed E-state index contributed by atoms with van der Waals surface area (Å²) in [5.74, 6) is 0. The highest BCUT2D eigenvalue weighted by molar-refractivity contribution is 7.71. The van der Waals surface area contributed by atoms with Crippen LogP contribution in [0, 0.1) is 4.77 Å². The van der Waals surface area contributed by atoms with Crippen molar-refractivity contribution in [1.29, 1.82) is 0 Å². The Balaban J connectivity index is 2.47. The standard InChI is InChI=1S/C10H14N4OS/c1-2-3-4-5-14-8-7(11-6-12-8)9(15)13-10(14)16/h6H,2-5H2,1H3,(H,11,12)(H,13,15,16). The number of aromatic nitrogens is 4. The SMILES string of the molecule is CCCCCn1c(=S)[nH]c(=O)c2[nH]cnc21. The van der Waals surface area contributed by atoms with E-state index in [9.17, 15) is 4.79 Å². The molecule has 0 atom stereocenters. The highest BCUT2D eigenvalue weighted by Crippen LogP contribution is 2.06. The molecule has 2 aromatic rings. The quantitative estimate of drug-likeness (QED) is 0.632. The fraction of sp³-hybridized carbons (Fsp3) is 0.500. The monoisotopic (exact) mass is 238 g/mol. The average Bonchev–Trinajstić information content (AvgIpc) is 2.72. The molecule has 0 bridgehead atoms. The maximum Gasteiger partial charge on any atom is 0.277 e. The molecule has 2 rings (SSSR count). The maximum atomic E-state index is 11.5. The molecule has 0 saturated heterocycles. The van der Waals surface area contributed by atoms with E-state index < -0.39 is 0 Å². The van der Waals surface area contributed by atoms with E-state index in [2.05, 4.69) is 21.9 Å². The molecule has 0 aliphatic carbocycles. The Bertz CT molecular complexity index is 595. The zero-order valence-corrected chi connectivity index (χ0v) is 9.93. The summed E-state index contributed by atoms with van der Waals surface area (Å²) in [5, 5.41) is 0. The number of rotatable bonds is 4. The number of aromatic amines is 2. The van der Waals surface area contributed by atoms with Crippen LogP contribution in [-0.2, 0) is 6.54 Å². The van der Waals surface area contributed by atoms with Crippen LogP contribution in [0.4, 0.5) is 0 Å². The fourth-order valence-electron chi connectivity index (χ4n) is 1.71. The van der Waals surface area contributed by atoms with Gasteiger partial charge in [0.1, 0.15) is 5.52 Å². The molecule has 0 radical (unpaired) electrons. The summed E-state index contributed by atoms with van der Waals surface area (Å²) in [7, 11) is 0. The lowest BCUT2D eigenvalue weighted by Gasteiger charge is -2.06. The summed E-state index contributed by atoms with van der Waals surface area (Å²) in [6.07, 6.45) is 4.86. The van der Waals surface area contributed by atoms with Crippen molar-refractivity contribution >= 4 is 23.4 Å². The van der Waals surface area contributed by atoms with Gasteiger partial charge in [0.2, 0.25) is 0 Å². The van der Waals surface area contributed by atoms with Gasteiger partial charge in [0.05, 0.1) is 6.33 Å². The normalized spacial score (nSPS) is 11.1. The highest BCUT2D eigenvalue weighted by atomic mass is 32.1. The number of hydrogen-bond acceptors (Lipinski definition) is 3. The maximum absolute atomic E-state index is 11.5. The molecule has 5 nitrogen and oxygen atoms in total. The van der Waals surface area contributed by atoms with E-state index in [0.29, 0.717) is 15.9 Å². The summed E-state index contributed by atoms with van der Waals surface area (Å²) in [4.78, 5) is 21.1. The molecule has 0 aromatic carbocycles. The number of unbranched alkanes of at least 4 members (excludes halogenated alkanes) is 2. The molecule has 2 heterocycles. The van der Waals surface area contributed by atoms with Crippen molar-refractivity contribution in [2.45, 2.75) is 32.7 Å². The third-order valence-electron chi connectivity index (χ3n) is 2.55. The molecule has 0 saturated carbocycles. The number of H-pyrrole nitrogens is 2. The zero-order chi connectivity index (χ0) is 11.5. The van der Waals surface area contributed by atoms with E-state index >= 15 is 0 Å². The van der Waals surface area contributed by atoms with Crippen molar-refractivity contribution in [1.82, 2.24) is 19.5 Å². The molecule has 6 heteroatoms. The highest BCUT2D eigenvalue weighted by Gasteiger charge is 2.06. The first-order chi connectivity index (χ1) is 7.74. The molecule has 0 fully saturated rings. The van der Waals surface area contributed by atoms with Crippen LogP contribution in [0.2, 0.25) is 0 Å². The van der Waals surface area contributed by atoms with Crippen molar-refractivity contribution in [2.75, 3.05) is 0 Å². The molecule has 16 heavy (non-hydrogen) atoms. The van der Waals surface area contributed by atoms with E-state index in [1.165, 1.54) is 6.33 Å². The molecular formula is C10H14N4OS. The second kappa shape index (κ2) is 4.61. The zero-order valence-electron chi connectivity index (χ0n) is 9.12. The van der Waals surface area contributed by atoms with Gasteiger partial charge >= 0.3 is 0 Å². The van der Waals surface area contributed by atoms with E-state index in [0.717, 1.165) is 25.8 Å². The van der Waals surface area contributed by atoms with Crippen molar-refractivity contribution in [3.63, 3.8) is 0 Å². The lowest BCUT2D eigenvalue weighted by atomic mass is 10.2. The molecule has 2 aromatic heterocycles. The minimum absolute atomic E-state index is 0.204. The van der Waals surface area contributed by atoms with Gasteiger partial charge in [-0.3, -0.25) is 9.78 Å². The molecule has 0 aliphatic heterocycles. The Kier molecular flexibility index (Phi) is 3.19. The predicted molar refractivity (Wildman–Crippen MR) is 65.1 cm³/mol. The van der Waals surface area contributed by atoms with Gasteiger partial charge < -0.3 is 9.55 Å². The minimum Gasteiger partial charge on any atom is -0.339 e. The van der Waals surface area contributed by atoms with Gasteiger partial charge in [-0.25, -0.2) is 4.98 Å². The van der Waals surface area contributed by atoms with Crippen LogP contribution in [0.5, 0.6) is 0 Å². The van der Waals surface area contributed by atoms with E-state index in [1.807, 2.05) is 4.57 Å². The summed E-state index contributed by atoms with van der Waals surface area (Å²) < 4.78 is 2.32. The molecule has 0 aliphatic rings. The van der Waals surface area contributed by atoms with E-state index in [1.54, 1.807) is 0 Å². The van der Waals surface area contributed by atoms with Gasteiger partial charge in [-0.1, -0.05) is 19.8 Å². The van der Waals surface area contributed by atoms with Crippen LogP contribution in [0.1, 0.15) is 26.2 Å². The minimum atomic E-state index is -0.204. The summed E-state index contributed by atoms with van der Waals surface area (Å²) in [6, 6.07) is 0. The molecule has 2 N–H and O–H groups in total. The van der Waals surface area contributed by atoms with Gasteiger partial charge in [0.15, 0.2) is 10.4 Å². The Hall–Kier alpha value is -1.43. The van der Waals surface area contributed by atoms with Gasteiger partial charge in [-0.2, -0.15) is 0 Å². The second-order valence-corrected chi connectivity index (χ2v) is 4.11. The first-order valence-corrected chi connectivity index (χ1v) is 5.81. The first kappa shape index (κ1) is 11.1. The number of imidazole rings is 1. The van der Waals surface area contributed by atoms with Crippen LogP contribution in [0.3, 0.4) is 0 Å². The number of aryl methyl sites for hydroxylation is 1. The molecule has 86 valence electrons. The summed E-state index contributed by atoms with van der Waals surface area (Å²) >= 11 is 5.14. The van der Waals surface area contributed by atoms with Crippen LogP contribution >= 0.6 is 12.2 Å². The summed E-state index contributed by atoms with van der Waals surface area (Å²) in [6.45, 7) is 2.95. The Morgan fingerprint density at radius 3 is 3.06 bits per heavy atom. The summed E-state index contributed by atoms with van der Waals surface area (Å²) in [5.41, 5.74) is 0.930. The number of fused-ring (bicyclic) bond motifs is 1. The topological polar surface area (TPSA) is 66.5 Å². The van der Waals surface area contributed by atoms with Crippen molar-refractivity contribution in [3.8, 4) is 0 Å². The Morgan fingerprint density at radius 1 is 1.50 bits per heavy atom. The lowest BCUT2D eigenvalue weighted by Crippen LogP contribution is -2.14. The second-order valence-electron chi connectivity index (χ2n) is 3.72. The van der Waals surface area contributed by atoms with Crippen LogP contribution in [0.25, 0.3) is 11.2 Å². The molecule has 0 amide bonds. The number of nitrogens with one attached hydrogen (secondary N) is 2. The molecule has 0 spiro atoms.